The van der Waals surface area contributed by atoms with E-state index in [0.717, 1.165) is 28.6 Å². The number of para-hydroxylation sites is 1. The maximum atomic E-state index is 11.4. The molecule has 0 spiro atoms. The summed E-state index contributed by atoms with van der Waals surface area (Å²) in [5.41, 5.74) is 2.03. The summed E-state index contributed by atoms with van der Waals surface area (Å²) < 4.78 is 7.19. The van der Waals surface area contributed by atoms with Crippen LogP contribution in [-0.4, -0.2) is 22.8 Å². The number of ether oxygens (including phenoxy) is 1. The number of benzene rings is 1. The Hall–Kier alpha value is -1.97. The number of carbonyl (C=O) groups is 1. The fourth-order valence-corrected chi connectivity index (χ4v) is 2.43. The number of fused-ring (bicyclic) bond motifs is 1. The van der Waals surface area contributed by atoms with Gasteiger partial charge in [0, 0.05) is 11.9 Å². The number of hydrogen-bond donors (Lipinski definition) is 1. The van der Waals surface area contributed by atoms with E-state index in [2.05, 4.69) is 0 Å². The van der Waals surface area contributed by atoms with E-state index in [-0.39, 0.29) is 0 Å². The first-order chi connectivity index (χ1) is 8.61. The highest BCUT2D eigenvalue weighted by atomic mass is 16.5. The van der Waals surface area contributed by atoms with E-state index < -0.39 is 5.97 Å². The smallest absolute Gasteiger partial charge is 0.352 e. The molecule has 0 radical (unpaired) electrons. The van der Waals surface area contributed by atoms with Crippen LogP contribution in [0.2, 0.25) is 0 Å². The minimum atomic E-state index is -0.890. The standard InChI is InChI=1S/C14H17NO3/c1-4-8-15-12(14(16)17)9(2)10-6-5-7-11(18-3)13(10)15/h5-7H,4,8H2,1-3H3,(H,16,17). The Bertz CT molecular complexity index is 599. The average Bonchev–Trinajstić information content (AvgIpc) is 2.63. The van der Waals surface area contributed by atoms with Gasteiger partial charge < -0.3 is 14.4 Å². The molecule has 0 aliphatic carbocycles. The Labute approximate surface area is 106 Å². The van der Waals surface area contributed by atoms with Gasteiger partial charge in [0.25, 0.3) is 0 Å². The van der Waals surface area contributed by atoms with E-state index in [1.165, 1.54) is 0 Å². The molecule has 1 aromatic heterocycles. The van der Waals surface area contributed by atoms with Crippen LogP contribution in [0, 0.1) is 6.92 Å². The van der Waals surface area contributed by atoms with Gasteiger partial charge in [0.15, 0.2) is 0 Å². The predicted molar refractivity (Wildman–Crippen MR) is 70.5 cm³/mol. The van der Waals surface area contributed by atoms with Gasteiger partial charge in [-0.25, -0.2) is 4.79 Å². The number of rotatable bonds is 4. The van der Waals surface area contributed by atoms with Gasteiger partial charge in [0.2, 0.25) is 0 Å². The first kappa shape index (κ1) is 12.5. The summed E-state index contributed by atoms with van der Waals surface area (Å²) in [6.45, 7) is 4.55. The Kier molecular flexibility index (Phi) is 3.28. The number of aromatic nitrogens is 1. The fourth-order valence-electron chi connectivity index (χ4n) is 2.43. The van der Waals surface area contributed by atoms with Crippen LogP contribution in [-0.2, 0) is 6.54 Å². The zero-order valence-corrected chi connectivity index (χ0v) is 10.9. The van der Waals surface area contributed by atoms with Gasteiger partial charge in [-0.3, -0.25) is 0 Å². The van der Waals surface area contributed by atoms with Crippen LogP contribution < -0.4 is 4.74 Å². The molecule has 96 valence electrons. The summed E-state index contributed by atoms with van der Waals surface area (Å²) in [5.74, 6) is -0.171. The monoisotopic (exact) mass is 247 g/mol. The first-order valence-electron chi connectivity index (χ1n) is 6.00. The second-order valence-corrected chi connectivity index (χ2v) is 4.29. The highest BCUT2D eigenvalue weighted by molar-refractivity contribution is 6.00. The van der Waals surface area contributed by atoms with Crippen LogP contribution in [0.4, 0.5) is 0 Å². The van der Waals surface area contributed by atoms with E-state index in [9.17, 15) is 9.90 Å². The highest BCUT2D eigenvalue weighted by Gasteiger charge is 2.21. The van der Waals surface area contributed by atoms with Crippen molar-refractivity contribution in [1.82, 2.24) is 4.57 Å². The van der Waals surface area contributed by atoms with Gasteiger partial charge in [0.1, 0.15) is 11.4 Å². The van der Waals surface area contributed by atoms with Crippen molar-refractivity contribution in [3.05, 3.63) is 29.5 Å². The van der Waals surface area contributed by atoms with Crippen LogP contribution in [0.1, 0.15) is 29.4 Å². The van der Waals surface area contributed by atoms with Crippen molar-refractivity contribution in [2.24, 2.45) is 0 Å². The molecule has 1 N–H and O–H groups in total. The Balaban J connectivity index is 2.88. The minimum Gasteiger partial charge on any atom is -0.495 e. The molecule has 0 saturated carbocycles. The van der Waals surface area contributed by atoms with Crippen molar-refractivity contribution in [3.63, 3.8) is 0 Å². The van der Waals surface area contributed by atoms with E-state index in [1.807, 2.05) is 36.6 Å². The van der Waals surface area contributed by atoms with Gasteiger partial charge in [-0.2, -0.15) is 0 Å². The molecular weight excluding hydrogens is 230 g/mol. The summed E-state index contributed by atoms with van der Waals surface area (Å²) in [6, 6.07) is 5.68. The van der Waals surface area contributed by atoms with E-state index in [1.54, 1.807) is 7.11 Å². The Morgan fingerprint density at radius 2 is 2.17 bits per heavy atom. The summed E-state index contributed by atoms with van der Waals surface area (Å²) in [5, 5.41) is 10.3. The normalized spacial score (nSPS) is 10.8. The van der Waals surface area contributed by atoms with Gasteiger partial charge in [0.05, 0.1) is 12.6 Å². The molecular formula is C14H17NO3. The van der Waals surface area contributed by atoms with Crippen molar-refractivity contribution < 1.29 is 14.6 Å². The lowest BCUT2D eigenvalue weighted by Crippen LogP contribution is -2.09. The third-order valence-electron chi connectivity index (χ3n) is 3.17. The molecule has 0 aliphatic rings. The van der Waals surface area contributed by atoms with E-state index >= 15 is 0 Å². The number of aromatic carboxylic acids is 1. The van der Waals surface area contributed by atoms with Crippen molar-refractivity contribution in [2.45, 2.75) is 26.8 Å². The second-order valence-electron chi connectivity index (χ2n) is 4.29. The molecule has 0 aliphatic heterocycles. The maximum absolute atomic E-state index is 11.4. The lowest BCUT2D eigenvalue weighted by Gasteiger charge is -2.09. The number of methoxy groups -OCH3 is 1. The topological polar surface area (TPSA) is 51.5 Å². The summed E-state index contributed by atoms with van der Waals surface area (Å²) in [7, 11) is 1.60. The van der Waals surface area contributed by atoms with Crippen LogP contribution in [0.15, 0.2) is 18.2 Å². The van der Waals surface area contributed by atoms with E-state index in [4.69, 9.17) is 4.74 Å². The Morgan fingerprint density at radius 3 is 2.72 bits per heavy atom. The van der Waals surface area contributed by atoms with Crippen LogP contribution in [0.5, 0.6) is 5.75 Å². The van der Waals surface area contributed by atoms with Crippen LogP contribution in [0.3, 0.4) is 0 Å². The van der Waals surface area contributed by atoms with Crippen molar-refractivity contribution in [1.29, 1.82) is 0 Å². The molecule has 2 aromatic rings. The van der Waals surface area contributed by atoms with Gasteiger partial charge >= 0.3 is 5.97 Å². The van der Waals surface area contributed by atoms with Gasteiger partial charge in [-0.1, -0.05) is 19.1 Å². The summed E-state index contributed by atoms with van der Waals surface area (Å²) >= 11 is 0. The molecule has 0 saturated heterocycles. The number of hydrogen-bond acceptors (Lipinski definition) is 2. The molecule has 4 nitrogen and oxygen atoms in total. The quantitative estimate of drug-likeness (QED) is 0.903. The molecule has 1 heterocycles. The van der Waals surface area contributed by atoms with Crippen molar-refractivity contribution in [3.8, 4) is 5.75 Å². The minimum absolute atomic E-state index is 0.358. The SMILES string of the molecule is CCCn1c(C(=O)O)c(C)c2cccc(OC)c21. The van der Waals surface area contributed by atoms with Crippen LogP contribution >= 0.6 is 0 Å². The molecule has 4 heteroatoms. The molecule has 0 bridgehead atoms. The highest BCUT2D eigenvalue weighted by Crippen LogP contribution is 2.32. The predicted octanol–water partition coefficient (Wildman–Crippen LogP) is 3.07. The molecule has 0 amide bonds. The maximum Gasteiger partial charge on any atom is 0.352 e. The molecule has 18 heavy (non-hydrogen) atoms. The zero-order chi connectivity index (χ0) is 13.3. The number of nitrogens with zero attached hydrogens (tertiary/aromatic N) is 1. The first-order valence-corrected chi connectivity index (χ1v) is 6.00. The fraction of sp³-hybridized carbons (Fsp3) is 0.357. The molecule has 1 aromatic carbocycles. The molecule has 0 atom stereocenters. The lowest BCUT2D eigenvalue weighted by molar-refractivity contribution is 0.0684. The third kappa shape index (κ3) is 1.74. The van der Waals surface area contributed by atoms with Gasteiger partial charge in [-0.05, 0) is 25.0 Å². The number of carboxylic acid groups (broad SMARTS) is 1. The van der Waals surface area contributed by atoms with Crippen LogP contribution in [0.25, 0.3) is 10.9 Å². The Morgan fingerprint density at radius 1 is 1.44 bits per heavy atom. The number of aryl methyl sites for hydroxylation is 2. The lowest BCUT2D eigenvalue weighted by atomic mass is 10.1. The largest absolute Gasteiger partial charge is 0.495 e. The van der Waals surface area contributed by atoms with E-state index in [0.29, 0.717) is 12.2 Å². The van der Waals surface area contributed by atoms with Crippen molar-refractivity contribution >= 4 is 16.9 Å². The molecule has 2 rings (SSSR count). The molecule has 0 fully saturated rings. The second kappa shape index (κ2) is 4.72. The number of carboxylic acids is 1. The van der Waals surface area contributed by atoms with Gasteiger partial charge in [-0.15, -0.1) is 0 Å². The third-order valence-corrected chi connectivity index (χ3v) is 3.17. The summed E-state index contributed by atoms with van der Waals surface area (Å²) in [4.78, 5) is 11.4. The zero-order valence-electron chi connectivity index (χ0n) is 10.9. The summed E-state index contributed by atoms with van der Waals surface area (Å²) in [6.07, 6.45) is 0.877. The average molecular weight is 247 g/mol. The van der Waals surface area contributed by atoms with Crippen molar-refractivity contribution in [2.75, 3.05) is 7.11 Å². The molecule has 0 unspecified atom stereocenters.